The molecule has 1 aliphatic rings. The van der Waals surface area contributed by atoms with Crippen molar-refractivity contribution in [1.82, 2.24) is 15.3 Å². The Morgan fingerprint density at radius 2 is 2.19 bits per heavy atom. The average molecular weight is 410 g/mol. The van der Waals surface area contributed by atoms with Gasteiger partial charge in [-0.1, -0.05) is 30.1 Å². The highest BCUT2D eigenvalue weighted by Gasteiger charge is 2.44. The normalized spacial score (nSPS) is 15.2. The smallest absolute Gasteiger partial charge is 0.226 e. The van der Waals surface area contributed by atoms with Crippen molar-refractivity contribution < 1.29 is 9.53 Å². The average Bonchev–Trinajstić information content (AvgIpc) is 3.04. The summed E-state index contributed by atoms with van der Waals surface area (Å²) >= 11 is 13.6. The summed E-state index contributed by atoms with van der Waals surface area (Å²) < 4.78 is 6.40. The number of benzene rings is 1. The Hall–Kier alpha value is -1.76. The molecule has 0 saturated heterocycles. The molecule has 0 aliphatic heterocycles. The van der Waals surface area contributed by atoms with Gasteiger partial charge in [0.1, 0.15) is 21.7 Å². The van der Waals surface area contributed by atoms with E-state index in [0.717, 1.165) is 34.4 Å². The molecule has 2 N–H and O–H groups in total. The fourth-order valence-electron chi connectivity index (χ4n) is 2.70. The number of carbonyl (C=O) groups is 1. The predicted molar refractivity (Wildman–Crippen MR) is 104 cm³/mol. The number of aromatic amines is 1. The number of fused-ring (bicyclic) bond motifs is 1. The molecule has 26 heavy (non-hydrogen) atoms. The van der Waals surface area contributed by atoms with E-state index in [4.69, 9.17) is 27.9 Å². The molecule has 0 bridgehead atoms. The molecule has 136 valence electrons. The molecule has 1 saturated carbocycles. The Morgan fingerprint density at radius 1 is 1.38 bits per heavy atom. The molecule has 3 aromatic rings. The second kappa shape index (κ2) is 6.76. The number of amides is 1. The minimum Gasteiger partial charge on any atom is -0.485 e. The van der Waals surface area contributed by atoms with Crippen molar-refractivity contribution in [3.8, 4) is 5.75 Å². The van der Waals surface area contributed by atoms with Crippen LogP contribution in [0.1, 0.15) is 30.5 Å². The summed E-state index contributed by atoms with van der Waals surface area (Å²) in [4.78, 5) is 19.5. The van der Waals surface area contributed by atoms with Crippen LogP contribution < -0.4 is 10.1 Å². The number of H-pyrrole nitrogens is 1. The molecule has 1 aromatic carbocycles. The van der Waals surface area contributed by atoms with Crippen molar-refractivity contribution in [2.45, 2.75) is 32.9 Å². The highest BCUT2D eigenvalue weighted by molar-refractivity contribution is 7.15. The van der Waals surface area contributed by atoms with Crippen molar-refractivity contribution in [3.05, 3.63) is 44.5 Å². The number of aromatic nitrogens is 2. The zero-order valence-electron chi connectivity index (χ0n) is 14.1. The van der Waals surface area contributed by atoms with E-state index in [9.17, 15) is 4.79 Å². The maximum absolute atomic E-state index is 12.1. The van der Waals surface area contributed by atoms with E-state index in [1.807, 2.05) is 25.1 Å². The first-order valence-corrected chi connectivity index (χ1v) is 9.83. The van der Waals surface area contributed by atoms with E-state index >= 15 is 0 Å². The molecule has 2 heterocycles. The molecule has 5 nitrogen and oxygen atoms in total. The number of halogens is 2. The van der Waals surface area contributed by atoms with Gasteiger partial charge >= 0.3 is 0 Å². The van der Waals surface area contributed by atoms with Crippen LogP contribution in [0.3, 0.4) is 0 Å². The van der Waals surface area contributed by atoms with Crippen LogP contribution in [-0.4, -0.2) is 15.9 Å². The van der Waals surface area contributed by atoms with Crippen LogP contribution in [0.5, 0.6) is 5.75 Å². The number of thiazole rings is 1. The van der Waals surface area contributed by atoms with Gasteiger partial charge in [-0.3, -0.25) is 4.79 Å². The molecule has 0 atom stereocenters. The first-order valence-electron chi connectivity index (χ1n) is 8.25. The molecule has 8 heteroatoms. The summed E-state index contributed by atoms with van der Waals surface area (Å²) in [5, 5.41) is 5.28. The first kappa shape index (κ1) is 17.6. The monoisotopic (exact) mass is 409 g/mol. The summed E-state index contributed by atoms with van der Waals surface area (Å²) in [7, 11) is 0. The summed E-state index contributed by atoms with van der Waals surface area (Å²) in [6, 6.07) is 5.70. The van der Waals surface area contributed by atoms with Gasteiger partial charge in [-0.05, 0) is 25.0 Å². The Labute approximate surface area is 164 Å². The third-order valence-electron chi connectivity index (χ3n) is 4.59. The van der Waals surface area contributed by atoms with Crippen LogP contribution in [-0.2, 0) is 17.9 Å². The van der Waals surface area contributed by atoms with Crippen molar-refractivity contribution in [2.24, 2.45) is 5.41 Å². The number of hydrogen-bond donors (Lipinski definition) is 2. The number of nitrogens with zero attached hydrogens (tertiary/aromatic N) is 1. The Kier molecular flexibility index (Phi) is 4.59. The molecular formula is C18H17Cl2N3O2S. The van der Waals surface area contributed by atoms with Crippen LogP contribution in [0.4, 0.5) is 0 Å². The molecule has 4 rings (SSSR count). The lowest BCUT2D eigenvalue weighted by Crippen LogP contribution is -2.29. The first-order chi connectivity index (χ1) is 12.4. The van der Waals surface area contributed by atoms with Gasteiger partial charge in [0.15, 0.2) is 0 Å². The molecule has 0 unspecified atom stereocenters. The largest absolute Gasteiger partial charge is 0.485 e. The second-order valence-corrected chi connectivity index (χ2v) is 8.91. The lowest BCUT2D eigenvalue weighted by atomic mass is 10.1. The number of hydrogen-bond acceptors (Lipinski definition) is 4. The van der Waals surface area contributed by atoms with Gasteiger partial charge in [0.25, 0.3) is 0 Å². The fraction of sp³-hybridized carbons (Fsp3) is 0.333. The zero-order chi connectivity index (χ0) is 18.3. The Balaban J connectivity index is 1.46. The van der Waals surface area contributed by atoms with Gasteiger partial charge in [-0.15, -0.1) is 11.3 Å². The second-order valence-electron chi connectivity index (χ2n) is 6.75. The maximum Gasteiger partial charge on any atom is 0.226 e. The van der Waals surface area contributed by atoms with Gasteiger partial charge in [0.2, 0.25) is 5.91 Å². The van der Waals surface area contributed by atoms with E-state index in [-0.39, 0.29) is 11.3 Å². The minimum absolute atomic E-state index is 0.111. The third-order valence-corrected chi connectivity index (χ3v) is 5.98. The molecular weight excluding hydrogens is 393 g/mol. The van der Waals surface area contributed by atoms with Gasteiger partial charge in [-0.2, -0.15) is 0 Å². The SMILES string of the molecule is CC1(C(=O)NCc2cc3cc(Cl)c(OCc4ncc(Cl)s4)cc3[nH]2)CC1. The quantitative estimate of drug-likeness (QED) is 0.606. The van der Waals surface area contributed by atoms with Crippen molar-refractivity contribution >= 4 is 51.3 Å². The van der Waals surface area contributed by atoms with E-state index < -0.39 is 0 Å². The fourth-order valence-corrected chi connectivity index (χ4v) is 3.79. The molecule has 0 radical (unpaired) electrons. The van der Waals surface area contributed by atoms with Gasteiger partial charge in [0, 0.05) is 28.1 Å². The Morgan fingerprint density at radius 3 is 2.88 bits per heavy atom. The maximum atomic E-state index is 12.1. The summed E-state index contributed by atoms with van der Waals surface area (Å²) in [6.07, 6.45) is 3.53. The third kappa shape index (κ3) is 3.68. The number of rotatable bonds is 6. The molecule has 2 aromatic heterocycles. The number of nitrogens with one attached hydrogen (secondary N) is 2. The highest BCUT2D eigenvalue weighted by atomic mass is 35.5. The summed E-state index contributed by atoms with van der Waals surface area (Å²) in [5.41, 5.74) is 1.66. The number of ether oxygens (including phenoxy) is 1. The van der Waals surface area contributed by atoms with Gasteiger partial charge in [0.05, 0.1) is 17.8 Å². The van der Waals surface area contributed by atoms with E-state index in [2.05, 4.69) is 15.3 Å². The van der Waals surface area contributed by atoms with Crippen LogP contribution in [0, 0.1) is 5.41 Å². The van der Waals surface area contributed by atoms with Crippen molar-refractivity contribution in [2.75, 3.05) is 0 Å². The van der Waals surface area contributed by atoms with E-state index in [1.165, 1.54) is 11.3 Å². The van der Waals surface area contributed by atoms with Crippen LogP contribution in [0.25, 0.3) is 10.9 Å². The summed E-state index contributed by atoms with van der Waals surface area (Å²) in [5.74, 6) is 0.689. The van der Waals surface area contributed by atoms with Crippen LogP contribution >= 0.6 is 34.5 Å². The van der Waals surface area contributed by atoms with E-state index in [0.29, 0.717) is 28.3 Å². The topological polar surface area (TPSA) is 67.0 Å². The standard InChI is InChI=1S/C18H17Cl2N3O2S/c1-18(2-3-18)17(24)22-7-11-4-10-5-12(19)14(6-13(10)23-11)25-9-16-21-8-15(20)26-16/h4-6,8,23H,2-3,7,9H2,1H3,(H,22,24). The van der Waals surface area contributed by atoms with Crippen molar-refractivity contribution in [1.29, 1.82) is 0 Å². The lowest BCUT2D eigenvalue weighted by molar-refractivity contribution is -0.125. The summed E-state index contributed by atoms with van der Waals surface area (Å²) in [6.45, 7) is 2.77. The van der Waals surface area contributed by atoms with Crippen molar-refractivity contribution in [3.63, 3.8) is 0 Å². The minimum atomic E-state index is -0.172. The van der Waals surface area contributed by atoms with Crippen LogP contribution in [0.2, 0.25) is 9.36 Å². The molecule has 0 spiro atoms. The molecule has 1 amide bonds. The predicted octanol–water partition coefficient (Wildman–Crippen LogP) is 4.93. The van der Waals surface area contributed by atoms with Gasteiger partial charge < -0.3 is 15.0 Å². The zero-order valence-corrected chi connectivity index (χ0v) is 16.4. The number of carbonyl (C=O) groups excluding carboxylic acids is 1. The highest BCUT2D eigenvalue weighted by Crippen LogP contribution is 2.45. The van der Waals surface area contributed by atoms with Gasteiger partial charge in [-0.25, -0.2) is 4.98 Å². The lowest BCUT2D eigenvalue weighted by Gasteiger charge is -2.08. The Bertz CT molecular complexity index is 978. The molecule has 1 aliphatic carbocycles. The molecule has 1 fully saturated rings. The van der Waals surface area contributed by atoms with E-state index in [1.54, 1.807) is 6.20 Å². The van der Waals surface area contributed by atoms with Crippen LogP contribution in [0.15, 0.2) is 24.4 Å².